The molecule has 1 aliphatic carbocycles. The summed E-state index contributed by atoms with van der Waals surface area (Å²) in [6.45, 7) is 6.36. The molecule has 0 unspecified atom stereocenters. The third kappa shape index (κ3) is 4.30. The lowest BCUT2D eigenvalue weighted by Crippen LogP contribution is -3.18. The molecule has 2 aromatic carbocycles. The van der Waals surface area contributed by atoms with Crippen molar-refractivity contribution >= 4 is 5.91 Å². The molecule has 3 nitrogen and oxygen atoms in total. The van der Waals surface area contributed by atoms with Crippen LogP contribution in [-0.2, 0) is 4.79 Å². The van der Waals surface area contributed by atoms with Crippen LogP contribution in [0.4, 0.5) is 0 Å². The highest BCUT2D eigenvalue weighted by molar-refractivity contribution is 5.87. The molecule has 1 saturated heterocycles. The molecule has 2 aromatic rings. The number of hydrogen-bond donors (Lipinski definition) is 1. The first-order valence-electron chi connectivity index (χ1n) is 11.0. The average Bonchev–Trinajstić information content (AvgIpc) is 2.75. The summed E-state index contributed by atoms with van der Waals surface area (Å²) in [5.41, 5.74) is 2.18. The summed E-state index contributed by atoms with van der Waals surface area (Å²) in [5.74, 6) is 0.929. The third-order valence-electron chi connectivity index (χ3n) is 6.74. The Hall–Kier alpha value is -2.13. The Labute approximate surface area is 169 Å². The quantitative estimate of drug-likeness (QED) is 0.870. The Bertz CT molecular complexity index is 713. The van der Waals surface area contributed by atoms with Gasteiger partial charge in [0.15, 0.2) is 0 Å². The highest BCUT2D eigenvalue weighted by atomic mass is 16.2. The maximum atomic E-state index is 13.6. The second-order valence-corrected chi connectivity index (χ2v) is 8.71. The van der Waals surface area contributed by atoms with Gasteiger partial charge in [-0.2, -0.15) is 0 Å². The molecule has 1 amide bonds. The van der Waals surface area contributed by atoms with Crippen molar-refractivity contribution in [1.82, 2.24) is 4.90 Å². The zero-order valence-electron chi connectivity index (χ0n) is 17.0. The van der Waals surface area contributed by atoms with Crippen molar-refractivity contribution in [3.8, 4) is 0 Å². The number of carbonyl (C=O) groups excluding carboxylic acids is 1. The molecule has 0 radical (unpaired) electrons. The Morgan fingerprint density at radius 2 is 1.50 bits per heavy atom. The number of amides is 1. The maximum Gasteiger partial charge on any atom is 0.234 e. The topological polar surface area (TPSA) is 24.8 Å². The van der Waals surface area contributed by atoms with Crippen LogP contribution >= 0.6 is 0 Å². The van der Waals surface area contributed by atoms with Crippen molar-refractivity contribution in [3.05, 3.63) is 71.8 Å². The van der Waals surface area contributed by atoms with Crippen LogP contribution in [0.5, 0.6) is 0 Å². The number of quaternary nitrogens is 1. The van der Waals surface area contributed by atoms with Crippen molar-refractivity contribution in [2.75, 3.05) is 26.2 Å². The van der Waals surface area contributed by atoms with Gasteiger partial charge < -0.3 is 9.80 Å². The minimum Gasteiger partial charge on any atom is -0.331 e. The van der Waals surface area contributed by atoms with Crippen LogP contribution in [0, 0.1) is 5.92 Å². The summed E-state index contributed by atoms with van der Waals surface area (Å²) in [5, 5.41) is 0. The van der Waals surface area contributed by atoms with Gasteiger partial charge in [-0.15, -0.1) is 0 Å². The number of rotatable bonds is 4. The van der Waals surface area contributed by atoms with Gasteiger partial charge in [0.25, 0.3) is 0 Å². The molecular weight excluding hydrogens is 344 g/mol. The van der Waals surface area contributed by atoms with E-state index in [1.54, 1.807) is 4.90 Å². The molecular formula is C25H33N2O+. The van der Waals surface area contributed by atoms with E-state index in [1.807, 2.05) is 36.4 Å². The predicted octanol–water partition coefficient (Wildman–Crippen LogP) is 3.12. The van der Waals surface area contributed by atoms with Crippen LogP contribution in [0.2, 0.25) is 0 Å². The van der Waals surface area contributed by atoms with Gasteiger partial charge in [-0.05, 0) is 29.9 Å². The Kier molecular flexibility index (Phi) is 6.11. The molecule has 0 spiro atoms. The number of piperazine rings is 1. The van der Waals surface area contributed by atoms with Crippen molar-refractivity contribution in [2.24, 2.45) is 5.92 Å². The fraction of sp³-hybridized carbons (Fsp3) is 0.480. The fourth-order valence-electron chi connectivity index (χ4n) is 5.18. The molecule has 1 aliphatic heterocycles. The van der Waals surface area contributed by atoms with E-state index in [0.29, 0.717) is 0 Å². The van der Waals surface area contributed by atoms with Gasteiger partial charge in [0.2, 0.25) is 5.91 Å². The van der Waals surface area contributed by atoms with Crippen LogP contribution < -0.4 is 4.90 Å². The van der Waals surface area contributed by atoms with E-state index in [2.05, 4.69) is 36.1 Å². The Morgan fingerprint density at radius 1 is 0.929 bits per heavy atom. The molecule has 28 heavy (non-hydrogen) atoms. The van der Waals surface area contributed by atoms with Crippen molar-refractivity contribution in [1.29, 1.82) is 0 Å². The van der Waals surface area contributed by atoms with Gasteiger partial charge >= 0.3 is 0 Å². The highest BCUT2D eigenvalue weighted by Gasteiger charge is 2.34. The van der Waals surface area contributed by atoms with E-state index in [4.69, 9.17) is 0 Å². The van der Waals surface area contributed by atoms with E-state index in [1.165, 1.54) is 25.7 Å². The van der Waals surface area contributed by atoms with Crippen molar-refractivity contribution in [3.63, 3.8) is 0 Å². The summed E-state index contributed by atoms with van der Waals surface area (Å²) in [7, 11) is 0. The van der Waals surface area contributed by atoms with Crippen molar-refractivity contribution < 1.29 is 9.69 Å². The zero-order chi connectivity index (χ0) is 19.3. The van der Waals surface area contributed by atoms with E-state index < -0.39 is 0 Å². The average molecular weight is 378 g/mol. The van der Waals surface area contributed by atoms with Crippen LogP contribution in [0.15, 0.2) is 60.7 Å². The van der Waals surface area contributed by atoms with Crippen molar-refractivity contribution in [2.45, 2.75) is 44.6 Å². The molecule has 0 bridgehead atoms. The molecule has 4 rings (SSSR count). The number of nitrogens with zero attached hydrogens (tertiary/aromatic N) is 1. The first kappa shape index (κ1) is 19.2. The first-order chi connectivity index (χ1) is 13.7. The number of carbonyl (C=O) groups is 1. The maximum absolute atomic E-state index is 13.6. The number of benzene rings is 2. The van der Waals surface area contributed by atoms with Gasteiger partial charge in [-0.1, -0.05) is 74.0 Å². The molecule has 1 N–H and O–H groups in total. The molecule has 2 fully saturated rings. The minimum absolute atomic E-state index is 0.196. The van der Waals surface area contributed by atoms with E-state index in [9.17, 15) is 4.79 Å². The first-order valence-corrected chi connectivity index (χ1v) is 11.0. The van der Waals surface area contributed by atoms with Gasteiger partial charge in [0, 0.05) is 6.42 Å². The van der Waals surface area contributed by atoms with E-state index >= 15 is 0 Å². The summed E-state index contributed by atoms with van der Waals surface area (Å²) in [6, 6.07) is 21.3. The fourth-order valence-corrected chi connectivity index (χ4v) is 5.18. The van der Waals surface area contributed by atoms with Crippen LogP contribution in [0.25, 0.3) is 0 Å². The lowest BCUT2D eigenvalue weighted by atomic mass is 9.86. The number of nitrogens with one attached hydrogen (secondary N) is 1. The largest absolute Gasteiger partial charge is 0.331 e. The summed E-state index contributed by atoms with van der Waals surface area (Å²) in [4.78, 5) is 17.4. The third-order valence-corrected chi connectivity index (χ3v) is 6.74. The van der Waals surface area contributed by atoms with Gasteiger partial charge in [0.05, 0.1) is 38.1 Å². The second kappa shape index (κ2) is 8.91. The second-order valence-electron chi connectivity index (χ2n) is 8.71. The monoisotopic (exact) mass is 377 g/mol. The Morgan fingerprint density at radius 3 is 2.04 bits per heavy atom. The SMILES string of the molecule is C[C@H]1CCC[C@@H]([NH+]2CCN(C(=O)C(c3ccccc3)c3ccccc3)CC2)C1. The van der Waals surface area contributed by atoms with Gasteiger partial charge in [-0.25, -0.2) is 0 Å². The van der Waals surface area contributed by atoms with Gasteiger partial charge in [0.1, 0.15) is 0 Å². The van der Waals surface area contributed by atoms with E-state index in [-0.39, 0.29) is 11.8 Å². The van der Waals surface area contributed by atoms with E-state index in [0.717, 1.165) is 49.3 Å². The zero-order valence-corrected chi connectivity index (χ0v) is 17.0. The molecule has 3 heteroatoms. The molecule has 2 aliphatic rings. The van der Waals surface area contributed by atoms with Crippen LogP contribution in [0.1, 0.15) is 49.7 Å². The lowest BCUT2D eigenvalue weighted by Gasteiger charge is -2.40. The van der Waals surface area contributed by atoms with Crippen LogP contribution in [-0.4, -0.2) is 43.0 Å². The highest BCUT2D eigenvalue weighted by Crippen LogP contribution is 2.27. The molecule has 0 aromatic heterocycles. The lowest BCUT2D eigenvalue weighted by molar-refractivity contribution is -0.930. The smallest absolute Gasteiger partial charge is 0.234 e. The van der Waals surface area contributed by atoms with Crippen LogP contribution in [0.3, 0.4) is 0 Å². The number of hydrogen-bond acceptors (Lipinski definition) is 1. The summed E-state index contributed by atoms with van der Waals surface area (Å²) >= 11 is 0. The molecule has 1 heterocycles. The minimum atomic E-state index is -0.196. The van der Waals surface area contributed by atoms with Gasteiger partial charge in [-0.3, -0.25) is 4.79 Å². The predicted molar refractivity (Wildman–Crippen MR) is 113 cm³/mol. The molecule has 2 atom stereocenters. The Balaban J connectivity index is 1.46. The molecule has 1 saturated carbocycles. The summed E-state index contributed by atoms with van der Waals surface area (Å²) < 4.78 is 0. The standard InChI is InChI=1S/C25H32N2O/c1-20-9-8-14-23(19-20)26-15-17-27(18-16-26)25(28)24(21-10-4-2-5-11-21)22-12-6-3-7-13-22/h2-7,10-13,20,23-24H,8-9,14-19H2,1H3/p+1/t20-,23+/m0/s1. The normalized spacial score (nSPS) is 23.7. The molecule has 148 valence electrons. The summed E-state index contributed by atoms with van der Waals surface area (Å²) in [6.07, 6.45) is 5.50.